The van der Waals surface area contributed by atoms with Crippen molar-refractivity contribution < 1.29 is 14.3 Å². The summed E-state index contributed by atoms with van der Waals surface area (Å²) in [7, 11) is 0. The number of ether oxygens (including phenoxy) is 2. The Morgan fingerprint density at radius 1 is 1.17 bits per heavy atom. The molecular formula is C23H25N3O3S. The monoisotopic (exact) mass is 423 g/mol. The molecule has 4 rings (SSSR count). The van der Waals surface area contributed by atoms with Crippen molar-refractivity contribution in [2.45, 2.75) is 49.7 Å². The van der Waals surface area contributed by atoms with Crippen LogP contribution in [0.25, 0.3) is 0 Å². The predicted octanol–water partition coefficient (Wildman–Crippen LogP) is 4.44. The number of rotatable bonds is 8. The van der Waals surface area contributed by atoms with E-state index in [2.05, 4.69) is 52.9 Å². The van der Waals surface area contributed by atoms with Gasteiger partial charge in [-0.2, -0.15) is 0 Å². The highest BCUT2D eigenvalue weighted by molar-refractivity contribution is 8.00. The maximum Gasteiger partial charge on any atom is 0.319 e. The van der Waals surface area contributed by atoms with E-state index in [1.165, 1.54) is 17.3 Å². The van der Waals surface area contributed by atoms with Crippen molar-refractivity contribution in [1.82, 2.24) is 14.8 Å². The van der Waals surface area contributed by atoms with Gasteiger partial charge in [0.15, 0.2) is 11.0 Å². The third-order valence-corrected chi connectivity index (χ3v) is 6.44. The minimum Gasteiger partial charge on any atom is -0.486 e. The average Bonchev–Trinajstić information content (AvgIpc) is 3.38. The highest BCUT2D eigenvalue weighted by atomic mass is 32.2. The molecule has 0 aliphatic carbocycles. The molecule has 7 heteroatoms. The Labute approximate surface area is 180 Å². The number of cyclic esters (lactones) is 1. The zero-order chi connectivity index (χ0) is 20.9. The fourth-order valence-corrected chi connectivity index (χ4v) is 4.53. The molecule has 0 bridgehead atoms. The molecule has 1 aliphatic heterocycles. The summed E-state index contributed by atoms with van der Waals surface area (Å²) in [6, 6.07) is 18.3. The van der Waals surface area contributed by atoms with E-state index in [4.69, 9.17) is 9.47 Å². The van der Waals surface area contributed by atoms with E-state index in [0.717, 1.165) is 23.6 Å². The maximum absolute atomic E-state index is 12.0. The van der Waals surface area contributed by atoms with Gasteiger partial charge in [-0.3, -0.25) is 9.36 Å². The molecule has 0 N–H and O–H groups in total. The van der Waals surface area contributed by atoms with Crippen molar-refractivity contribution in [1.29, 1.82) is 0 Å². The van der Waals surface area contributed by atoms with Crippen LogP contribution in [-0.4, -0.2) is 32.6 Å². The highest BCUT2D eigenvalue weighted by Crippen LogP contribution is 2.32. The summed E-state index contributed by atoms with van der Waals surface area (Å²) in [5.41, 5.74) is 2.41. The Hall–Kier alpha value is -2.80. The first kappa shape index (κ1) is 20.5. The van der Waals surface area contributed by atoms with Crippen LogP contribution in [0.4, 0.5) is 0 Å². The molecular weight excluding hydrogens is 398 g/mol. The van der Waals surface area contributed by atoms with Gasteiger partial charge < -0.3 is 9.47 Å². The molecule has 30 heavy (non-hydrogen) atoms. The summed E-state index contributed by atoms with van der Waals surface area (Å²) in [6.45, 7) is 4.99. The second kappa shape index (κ2) is 9.34. The molecule has 1 aromatic heterocycles. The quantitative estimate of drug-likeness (QED) is 0.499. The molecule has 1 saturated heterocycles. The van der Waals surface area contributed by atoms with E-state index in [9.17, 15) is 4.79 Å². The standard InChI is InChI=1S/C23H25N3O3S/c1-3-17-9-11-19(12-10-17)29-15-21-24-25-23(30-20-13-14-28-22(20)27)26(21)16(2)18-7-5-4-6-8-18/h4-12,16,20H,3,13-15H2,1-2H3/t16-,20+/m0/s1. The first-order valence-electron chi connectivity index (χ1n) is 10.2. The molecule has 156 valence electrons. The lowest BCUT2D eigenvalue weighted by Crippen LogP contribution is -2.16. The lowest BCUT2D eigenvalue weighted by atomic mass is 10.1. The maximum atomic E-state index is 12.0. The molecule has 0 amide bonds. The number of benzene rings is 2. The normalized spacial score (nSPS) is 17.0. The summed E-state index contributed by atoms with van der Waals surface area (Å²) in [5, 5.41) is 9.24. The van der Waals surface area contributed by atoms with Crippen LogP contribution < -0.4 is 4.74 Å². The van der Waals surface area contributed by atoms with Gasteiger partial charge in [0.2, 0.25) is 0 Å². The first-order valence-corrected chi connectivity index (χ1v) is 11.1. The molecule has 1 aliphatic rings. The van der Waals surface area contributed by atoms with Gasteiger partial charge in [-0.15, -0.1) is 10.2 Å². The van der Waals surface area contributed by atoms with E-state index >= 15 is 0 Å². The van der Waals surface area contributed by atoms with Crippen LogP contribution in [-0.2, 0) is 22.6 Å². The smallest absolute Gasteiger partial charge is 0.319 e. The van der Waals surface area contributed by atoms with Gasteiger partial charge in [-0.1, -0.05) is 61.2 Å². The van der Waals surface area contributed by atoms with E-state index < -0.39 is 0 Å². The summed E-state index contributed by atoms with van der Waals surface area (Å²) in [5.74, 6) is 1.33. The van der Waals surface area contributed by atoms with Crippen LogP contribution in [0.1, 0.15) is 43.3 Å². The van der Waals surface area contributed by atoms with Gasteiger partial charge >= 0.3 is 5.97 Å². The summed E-state index contributed by atoms with van der Waals surface area (Å²) >= 11 is 1.42. The van der Waals surface area contributed by atoms with Crippen LogP contribution in [0.3, 0.4) is 0 Å². The minimum atomic E-state index is -0.244. The lowest BCUT2D eigenvalue weighted by molar-refractivity contribution is -0.137. The van der Waals surface area contributed by atoms with Crippen LogP contribution in [0.5, 0.6) is 5.75 Å². The van der Waals surface area contributed by atoms with Crippen molar-refractivity contribution in [2.75, 3.05) is 6.61 Å². The van der Waals surface area contributed by atoms with Gasteiger partial charge in [-0.05, 0) is 36.6 Å². The fraction of sp³-hybridized carbons (Fsp3) is 0.348. The van der Waals surface area contributed by atoms with Crippen LogP contribution in [0.15, 0.2) is 59.8 Å². The minimum absolute atomic E-state index is 0.00203. The zero-order valence-electron chi connectivity index (χ0n) is 17.2. The van der Waals surface area contributed by atoms with Crippen molar-refractivity contribution >= 4 is 17.7 Å². The van der Waals surface area contributed by atoms with Gasteiger partial charge in [0, 0.05) is 6.42 Å². The number of carbonyl (C=O) groups excluding carboxylic acids is 1. The largest absolute Gasteiger partial charge is 0.486 e. The number of esters is 1. The lowest BCUT2D eigenvalue weighted by Gasteiger charge is -2.19. The number of nitrogens with zero attached hydrogens (tertiary/aromatic N) is 3. The summed E-state index contributed by atoms with van der Waals surface area (Å²) < 4.78 is 13.2. The Bertz CT molecular complexity index is 989. The van der Waals surface area contributed by atoms with Gasteiger partial charge in [0.25, 0.3) is 0 Å². The second-order valence-electron chi connectivity index (χ2n) is 7.20. The Kier molecular flexibility index (Phi) is 6.38. The highest BCUT2D eigenvalue weighted by Gasteiger charge is 2.31. The number of aromatic nitrogens is 3. The SMILES string of the molecule is CCc1ccc(OCc2nnc(S[C@@H]3CCOC3=O)n2[C@@H](C)c2ccccc2)cc1. The molecule has 2 aromatic carbocycles. The average molecular weight is 424 g/mol. The fourth-order valence-electron chi connectivity index (χ4n) is 3.44. The zero-order valence-corrected chi connectivity index (χ0v) is 18.0. The van der Waals surface area contributed by atoms with E-state index in [1.54, 1.807) is 0 Å². The Morgan fingerprint density at radius 2 is 1.93 bits per heavy atom. The van der Waals surface area contributed by atoms with Crippen LogP contribution in [0.2, 0.25) is 0 Å². The molecule has 0 saturated carbocycles. The summed E-state index contributed by atoms with van der Waals surface area (Å²) in [6.07, 6.45) is 1.68. The molecule has 1 fully saturated rings. The van der Waals surface area contributed by atoms with Crippen molar-refractivity contribution in [3.05, 3.63) is 71.5 Å². The Balaban J connectivity index is 1.59. The third kappa shape index (κ3) is 4.51. The molecule has 0 unspecified atom stereocenters. The van der Waals surface area contributed by atoms with Crippen molar-refractivity contribution in [3.63, 3.8) is 0 Å². The third-order valence-electron chi connectivity index (χ3n) is 5.24. The number of hydrogen-bond acceptors (Lipinski definition) is 6. The topological polar surface area (TPSA) is 66.2 Å². The van der Waals surface area contributed by atoms with Crippen molar-refractivity contribution in [3.8, 4) is 5.75 Å². The van der Waals surface area contributed by atoms with Gasteiger partial charge in [0.05, 0.1) is 12.6 Å². The molecule has 6 nitrogen and oxygen atoms in total. The number of hydrogen-bond donors (Lipinski definition) is 0. The Morgan fingerprint density at radius 3 is 2.60 bits per heavy atom. The molecule has 3 aromatic rings. The molecule has 2 heterocycles. The van der Waals surface area contributed by atoms with Crippen LogP contribution >= 0.6 is 11.8 Å². The predicted molar refractivity (Wildman–Crippen MR) is 116 cm³/mol. The second-order valence-corrected chi connectivity index (χ2v) is 8.37. The summed E-state index contributed by atoms with van der Waals surface area (Å²) in [4.78, 5) is 12.0. The number of carbonyl (C=O) groups is 1. The number of aryl methyl sites for hydroxylation is 1. The van der Waals surface area contributed by atoms with E-state index in [-0.39, 0.29) is 17.3 Å². The van der Waals surface area contributed by atoms with E-state index in [1.807, 2.05) is 30.3 Å². The van der Waals surface area contributed by atoms with Gasteiger partial charge in [-0.25, -0.2) is 0 Å². The van der Waals surface area contributed by atoms with Crippen molar-refractivity contribution in [2.24, 2.45) is 0 Å². The van der Waals surface area contributed by atoms with Crippen LogP contribution in [0, 0.1) is 0 Å². The number of thioether (sulfide) groups is 1. The molecule has 0 spiro atoms. The molecule has 0 radical (unpaired) electrons. The van der Waals surface area contributed by atoms with Gasteiger partial charge in [0.1, 0.15) is 17.6 Å². The van der Waals surface area contributed by atoms with E-state index in [0.29, 0.717) is 24.8 Å². The first-order chi connectivity index (χ1) is 14.7. The molecule has 2 atom stereocenters.